The van der Waals surface area contributed by atoms with Gasteiger partial charge < -0.3 is 0 Å². The smallest absolute Gasteiger partial charge is 0.0193 e. The van der Waals surface area contributed by atoms with Crippen LogP contribution in [0, 0.1) is 0 Å². The molecule has 0 aliphatic rings. The van der Waals surface area contributed by atoms with Gasteiger partial charge in [-0.25, -0.2) is 0 Å². The molecule has 1 aromatic carbocycles. The molecule has 1 rings (SSSR count). The molecular weight excluding hydrogens is 228 g/mol. The second kappa shape index (κ2) is 7.72. The Morgan fingerprint density at radius 1 is 0.842 bits per heavy atom. The van der Waals surface area contributed by atoms with Gasteiger partial charge in [0.1, 0.15) is 0 Å². The average Bonchev–Trinajstić information content (AvgIpc) is 2.37. The van der Waals surface area contributed by atoms with Crippen LogP contribution in [0.3, 0.4) is 0 Å². The van der Waals surface area contributed by atoms with Gasteiger partial charge in [0.2, 0.25) is 0 Å². The van der Waals surface area contributed by atoms with Crippen LogP contribution in [0.2, 0.25) is 0 Å². The van der Waals surface area contributed by atoms with Crippen LogP contribution in [0.25, 0.3) is 0 Å². The molecule has 0 aromatic heterocycles. The zero-order valence-electron chi connectivity index (χ0n) is 13.8. The van der Waals surface area contributed by atoms with E-state index in [9.17, 15) is 0 Å². The Balaban J connectivity index is 3.34. The average molecular weight is 260 g/mol. The summed E-state index contributed by atoms with van der Waals surface area (Å²) in [6, 6.07) is 4.98. The Hall–Kier alpha value is -0.780. The van der Waals surface area contributed by atoms with Gasteiger partial charge in [-0.3, -0.25) is 0 Å². The number of hydrogen-bond donors (Lipinski definition) is 0. The Kier molecular flexibility index (Phi) is 6.62. The molecule has 0 bridgehead atoms. The molecule has 0 saturated heterocycles. The Labute approximate surface area is 120 Å². The summed E-state index contributed by atoms with van der Waals surface area (Å²) in [6.07, 6.45) is 6.19. The number of rotatable bonds is 7. The summed E-state index contributed by atoms with van der Waals surface area (Å²) in [6.45, 7) is 13.9. The van der Waals surface area contributed by atoms with Gasteiger partial charge in [0.25, 0.3) is 0 Å². The van der Waals surface area contributed by atoms with Crippen LogP contribution in [-0.2, 0) is 12.8 Å². The normalized spacial score (nSPS) is 13.0. The van der Waals surface area contributed by atoms with E-state index in [1.165, 1.54) is 32.1 Å². The zero-order chi connectivity index (χ0) is 14.4. The van der Waals surface area contributed by atoms with Gasteiger partial charge in [-0.2, -0.15) is 0 Å². The van der Waals surface area contributed by atoms with Gasteiger partial charge in [0.05, 0.1) is 0 Å². The maximum absolute atomic E-state index is 2.49. The molecule has 0 heteroatoms. The largest absolute Gasteiger partial charge is 0.0651 e. The molecule has 19 heavy (non-hydrogen) atoms. The highest BCUT2D eigenvalue weighted by Gasteiger charge is 2.15. The van der Waals surface area contributed by atoms with Crippen molar-refractivity contribution >= 4 is 0 Å². The molecule has 0 saturated carbocycles. The molecule has 0 amide bonds. The quantitative estimate of drug-likeness (QED) is 0.545. The fourth-order valence-corrected chi connectivity index (χ4v) is 3.02. The summed E-state index contributed by atoms with van der Waals surface area (Å²) in [4.78, 5) is 0. The summed E-state index contributed by atoms with van der Waals surface area (Å²) in [5, 5.41) is 0. The van der Waals surface area contributed by atoms with Crippen LogP contribution >= 0.6 is 0 Å². The molecule has 0 radical (unpaired) electrons. The Bertz CT molecular complexity index is 360. The lowest BCUT2D eigenvalue weighted by molar-refractivity contribution is 0.719. The summed E-state index contributed by atoms with van der Waals surface area (Å²) in [7, 11) is 0. The highest BCUT2D eigenvalue weighted by Crippen LogP contribution is 2.31. The lowest BCUT2D eigenvalue weighted by Crippen LogP contribution is -2.06. The molecule has 1 atom stereocenters. The van der Waals surface area contributed by atoms with Gasteiger partial charge in [-0.05, 0) is 53.4 Å². The van der Waals surface area contributed by atoms with Gasteiger partial charge >= 0.3 is 0 Å². The number of aryl methyl sites for hydroxylation is 2. The highest BCUT2D eigenvalue weighted by atomic mass is 14.2. The van der Waals surface area contributed by atoms with Crippen molar-refractivity contribution in [3.8, 4) is 0 Å². The standard InChI is InChI=1S/C19H32/c1-7-10-16-12-18(15(6)9-3)13-17(11-8-2)19(16)14(4)5/h12-15H,7-11H2,1-6H3. The van der Waals surface area contributed by atoms with Gasteiger partial charge in [0, 0.05) is 0 Å². The van der Waals surface area contributed by atoms with Crippen LogP contribution in [0.4, 0.5) is 0 Å². The van der Waals surface area contributed by atoms with E-state index in [2.05, 4.69) is 53.7 Å². The van der Waals surface area contributed by atoms with Crippen molar-refractivity contribution < 1.29 is 0 Å². The first-order chi connectivity index (χ1) is 9.04. The van der Waals surface area contributed by atoms with Gasteiger partial charge in [-0.1, -0.05) is 66.5 Å². The minimum absolute atomic E-state index is 0.647. The van der Waals surface area contributed by atoms with Crippen LogP contribution in [0.1, 0.15) is 94.9 Å². The first-order valence-electron chi connectivity index (χ1n) is 8.20. The molecule has 0 aliphatic carbocycles. The molecule has 1 unspecified atom stereocenters. The maximum atomic E-state index is 2.49. The number of hydrogen-bond acceptors (Lipinski definition) is 0. The SMILES string of the molecule is CCCc1cc(C(C)CC)cc(CCC)c1C(C)C. The van der Waals surface area contributed by atoms with Crippen molar-refractivity contribution in [1.29, 1.82) is 0 Å². The van der Waals surface area contributed by atoms with Crippen LogP contribution < -0.4 is 0 Å². The topological polar surface area (TPSA) is 0 Å². The molecule has 108 valence electrons. The van der Waals surface area contributed by atoms with Crippen LogP contribution in [0.15, 0.2) is 12.1 Å². The predicted octanol–water partition coefficient (Wildman–Crippen LogP) is 6.23. The van der Waals surface area contributed by atoms with E-state index >= 15 is 0 Å². The molecule has 0 spiro atoms. The molecule has 0 heterocycles. The summed E-state index contributed by atoms with van der Waals surface area (Å²) in [5.41, 5.74) is 6.41. The van der Waals surface area contributed by atoms with E-state index in [-0.39, 0.29) is 0 Å². The van der Waals surface area contributed by atoms with Crippen molar-refractivity contribution in [2.75, 3.05) is 0 Å². The van der Waals surface area contributed by atoms with Crippen molar-refractivity contribution in [3.63, 3.8) is 0 Å². The lowest BCUT2D eigenvalue weighted by Gasteiger charge is -2.21. The summed E-state index contributed by atoms with van der Waals surface area (Å²) in [5.74, 6) is 1.33. The molecule has 0 aliphatic heterocycles. The molecule has 1 aromatic rings. The van der Waals surface area contributed by atoms with E-state index in [4.69, 9.17) is 0 Å². The van der Waals surface area contributed by atoms with E-state index in [1.807, 2.05) is 0 Å². The van der Waals surface area contributed by atoms with Gasteiger partial charge in [-0.15, -0.1) is 0 Å². The molecule has 0 nitrogen and oxygen atoms in total. The van der Waals surface area contributed by atoms with E-state index in [1.54, 1.807) is 22.3 Å². The third-order valence-electron chi connectivity index (χ3n) is 4.17. The van der Waals surface area contributed by atoms with Crippen molar-refractivity contribution in [2.24, 2.45) is 0 Å². The second-order valence-corrected chi connectivity index (χ2v) is 6.22. The van der Waals surface area contributed by atoms with E-state index in [0.29, 0.717) is 11.8 Å². The fourth-order valence-electron chi connectivity index (χ4n) is 3.02. The summed E-state index contributed by atoms with van der Waals surface area (Å²) < 4.78 is 0. The third kappa shape index (κ3) is 4.09. The summed E-state index contributed by atoms with van der Waals surface area (Å²) >= 11 is 0. The van der Waals surface area contributed by atoms with Gasteiger partial charge in [0.15, 0.2) is 0 Å². The molecule has 0 fully saturated rings. The highest BCUT2D eigenvalue weighted by molar-refractivity contribution is 5.42. The molecule has 0 N–H and O–H groups in total. The third-order valence-corrected chi connectivity index (χ3v) is 4.17. The van der Waals surface area contributed by atoms with Crippen LogP contribution in [-0.4, -0.2) is 0 Å². The number of benzene rings is 1. The zero-order valence-corrected chi connectivity index (χ0v) is 13.8. The monoisotopic (exact) mass is 260 g/mol. The maximum Gasteiger partial charge on any atom is -0.0193 e. The lowest BCUT2D eigenvalue weighted by atomic mass is 9.84. The minimum Gasteiger partial charge on any atom is -0.0651 e. The second-order valence-electron chi connectivity index (χ2n) is 6.22. The fraction of sp³-hybridized carbons (Fsp3) is 0.684. The Morgan fingerprint density at radius 3 is 1.63 bits per heavy atom. The predicted molar refractivity (Wildman–Crippen MR) is 87.2 cm³/mol. The first kappa shape index (κ1) is 16.3. The molecular formula is C19H32. The van der Waals surface area contributed by atoms with E-state index < -0.39 is 0 Å². The van der Waals surface area contributed by atoms with Crippen molar-refractivity contribution in [1.82, 2.24) is 0 Å². The van der Waals surface area contributed by atoms with Crippen molar-refractivity contribution in [3.05, 3.63) is 34.4 Å². The minimum atomic E-state index is 0.647. The first-order valence-corrected chi connectivity index (χ1v) is 8.20. The Morgan fingerprint density at radius 2 is 1.32 bits per heavy atom. The van der Waals surface area contributed by atoms with Crippen molar-refractivity contribution in [2.45, 2.75) is 85.5 Å². The van der Waals surface area contributed by atoms with Crippen LogP contribution in [0.5, 0.6) is 0 Å². The van der Waals surface area contributed by atoms with E-state index in [0.717, 1.165) is 0 Å².